The lowest BCUT2D eigenvalue weighted by Gasteiger charge is -2.33. The zero-order chi connectivity index (χ0) is 13.4. The summed E-state index contributed by atoms with van der Waals surface area (Å²) in [5.74, 6) is 0. The maximum Gasteiger partial charge on any atom is 0.470 e. The highest BCUT2D eigenvalue weighted by atomic mass is 31.2. The molecular formula is C12H27O4P. The lowest BCUT2D eigenvalue weighted by atomic mass is 9.87. The molecule has 0 bridgehead atoms. The molecule has 5 heteroatoms. The molecule has 0 heterocycles. The number of phosphoric ester groups is 1. The van der Waals surface area contributed by atoms with E-state index in [2.05, 4.69) is 13.8 Å². The Morgan fingerprint density at radius 1 is 0.941 bits per heavy atom. The monoisotopic (exact) mass is 266 g/mol. The van der Waals surface area contributed by atoms with E-state index in [4.69, 9.17) is 14.3 Å². The van der Waals surface area contributed by atoms with Crippen LogP contribution in [-0.2, 0) is 9.09 Å². The van der Waals surface area contributed by atoms with E-state index in [1.165, 1.54) is 0 Å². The molecule has 0 spiro atoms. The maximum atomic E-state index is 11.1. The molecule has 0 atom stereocenters. The van der Waals surface area contributed by atoms with Crippen molar-refractivity contribution in [1.82, 2.24) is 0 Å². The molecule has 0 saturated heterocycles. The molecule has 0 unspecified atom stereocenters. The quantitative estimate of drug-likeness (QED) is 0.586. The molecule has 0 aliphatic carbocycles. The Morgan fingerprint density at radius 3 is 1.71 bits per heavy atom. The Hall–Kier alpha value is 0.110. The fourth-order valence-corrected chi connectivity index (χ4v) is 3.00. The van der Waals surface area contributed by atoms with E-state index >= 15 is 0 Å². The Kier molecular flexibility index (Phi) is 8.31. The zero-order valence-electron chi connectivity index (χ0n) is 11.3. The zero-order valence-corrected chi connectivity index (χ0v) is 12.2. The predicted octanol–water partition coefficient (Wildman–Crippen LogP) is 4.02. The molecule has 0 aliphatic rings. The summed E-state index contributed by atoms with van der Waals surface area (Å²) in [6.07, 6.45) is 7.01. The first-order chi connectivity index (χ1) is 7.89. The van der Waals surface area contributed by atoms with Gasteiger partial charge >= 0.3 is 7.82 Å². The molecule has 0 aromatic carbocycles. The molecule has 0 aliphatic heterocycles. The van der Waals surface area contributed by atoms with Crippen LogP contribution < -0.4 is 0 Å². The molecule has 2 N–H and O–H groups in total. The SMILES string of the molecule is CCCCC(CCC)(CCCC)OP(=O)(O)O. The minimum absolute atomic E-state index is 0.625. The van der Waals surface area contributed by atoms with Crippen molar-refractivity contribution in [3.8, 4) is 0 Å². The molecule has 0 amide bonds. The minimum atomic E-state index is -4.40. The van der Waals surface area contributed by atoms with E-state index in [9.17, 15) is 4.57 Å². The first-order valence-electron chi connectivity index (χ1n) is 6.65. The van der Waals surface area contributed by atoms with Crippen molar-refractivity contribution < 1.29 is 18.9 Å². The number of phosphoric acid groups is 1. The standard InChI is InChI=1S/C12H27O4P/c1-4-7-10-12(9-6-3,11-8-5-2)16-17(13,14)15/h4-11H2,1-3H3,(H2,13,14,15). The molecule has 0 saturated carbocycles. The fourth-order valence-electron chi connectivity index (χ4n) is 2.22. The van der Waals surface area contributed by atoms with Crippen molar-refractivity contribution in [2.24, 2.45) is 0 Å². The average molecular weight is 266 g/mol. The van der Waals surface area contributed by atoms with Gasteiger partial charge in [-0.1, -0.05) is 52.9 Å². The van der Waals surface area contributed by atoms with Gasteiger partial charge in [-0.3, -0.25) is 4.52 Å². The van der Waals surface area contributed by atoms with E-state index in [1.54, 1.807) is 0 Å². The Morgan fingerprint density at radius 2 is 1.41 bits per heavy atom. The summed E-state index contributed by atoms with van der Waals surface area (Å²) in [6, 6.07) is 0. The van der Waals surface area contributed by atoms with Crippen LogP contribution in [-0.4, -0.2) is 15.4 Å². The van der Waals surface area contributed by atoms with Crippen LogP contribution in [0.2, 0.25) is 0 Å². The van der Waals surface area contributed by atoms with E-state index in [1.807, 2.05) is 6.92 Å². The number of hydrogen-bond acceptors (Lipinski definition) is 2. The van der Waals surface area contributed by atoms with Gasteiger partial charge in [0.05, 0.1) is 5.60 Å². The van der Waals surface area contributed by atoms with Gasteiger partial charge in [0.25, 0.3) is 0 Å². The van der Waals surface area contributed by atoms with Gasteiger partial charge in [0.15, 0.2) is 0 Å². The highest BCUT2D eigenvalue weighted by Gasteiger charge is 2.35. The van der Waals surface area contributed by atoms with Crippen LogP contribution in [0.15, 0.2) is 0 Å². The van der Waals surface area contributed by atoms with Gasteiger partial charge in [0.2, 0.25) is 0 Å². The van der Waals surface area contributed by atoms with Gasteiger partial charge in [0, 0.05) is 0 Å². The van der Waals surface area contributed by atoms with Gasteiger partial charge in [0.1, 0.15) is 0 Å². The van der Waals surface area contributed by atoms with E-state index < -0.39 is 13.4 Å². The van der Waals surface area contributed by atoms with Crippen molar-refractivity contribution in [2.75, 3.05) is 0 Å². The largest absolute Gasteiger partial charge is 0.470 e. The molecule has 0 rings (SSSR count). The van der Waals surface area contributed by atoms with E-state index in [0.29, 0.717) is 0 Å². The summed E-state index contributed by atoms with van der Waals surface area (Å²) < 4.78 is 16.3. The molecule has 104 valence electrons. The van der Waals surface area contributed by atoms with Crippen molar-refractivity contribution in [3.63, 3.8) is 0 Å². The summed E-state index contributed by atoms with van der Waals surface area (Å²) in [5.41, 5.74) is -0.625. The summed E-state index contributed by atoms with van der Waals surface area (Å²) in [7, 11) is -4.40. The van der Waals surface area contributed by atoms with E-state index in [0.717, 1.165) is 51.4 Å². The third-order valence-electron chi connectivity index (χ3n) is 2.99. The summed E-state index contributed by atoms with van der Waals surface area (Å²) in [5, 5.41) is 0. The van der Waals surface area contributed by atoms with Crippen LogP contribution in [0, 0.1) is 0 Å². The molecule has 0 aromatic heterocycles. The molecule has 0 aromatic rings. The fraction of sp³-hybridized carbons (Fsp3) is 1.00. The summed E-state index contributed by atoms with van der Waals surface area (Å²) in [4.78, 5) is 18.1. The third-order valence-corrected chi connectivity index (χ3v) is 3.62. The smallest absolute Gasteiger partial charge is 0.303 e. The second-order valence-electron chi connectivity index (χ2n) is 4.72. The maximum absolute atomic E-state index is 11.1. The van der Waals surface area contributed by atoms with Crippen molar-refractivity contribution in [3.05, 3.63) is 0 Å². The third kappa shape index (κ3) is 7.93. The Bertz CT molecular complexity index is 229. The Balaban J connectivity index is 4.73. The highest BCUT2D eigenvalue weighted by Crippen LogP contribution is 2.47. The number of unbranched alkanes of at least 4 members (excludes halogenated alkanes) is 2. The van der Waals surface area contributed by atoms with Gasteiger partial charge in [-0.25, -0.2) is 4.57 Å². The number of hydrogen-bond donors (Lipinski definition) is 2. The minimum Gasteiger partial charge on any atom is -0.303 e. The second kappa shape index (κ2) is 8.25. The number of rotatable bonds is 10. The Labute approximate surface area is 105 Å². The normalized spacial score (nSPS) is 13.0. The molecule has 0 radical (unpaired) electrons. The van der Waals surface area contributed by atoms with Gasteiger partial charge in [-0.2, -0.15) is 0 Å². The van der Waals surface area contributed by atoms with Gasteiger partial charge < -0.3 is 9.79 Å². The average Bonchev–Trinajstić information content (AvgIpc) is 2.22. The van der Waals surface area contributed by atoms with Crippen molar-refractivity contribution in [1.29, 1.82) is 0 Å². The van der Waals surface area contributed by atoms with Crippen LogP contribution in [0.25, 0.3) is 0 Å². The van der Waals surface area contributed by atoms with Crippen LogP contribution in [0.3, 0.4) is 0 Å². The van der Waals surface area contributed by atoms with Gasteiger partial charge in [-0.15, -0.1) is 0 Å². The first kappa shape index (κ1) is 17.1. The van der Waals surface area contributed by atoms with Crippen LogP contribution in [0.4, 0.5) is 0 Å². The van der Waals surface area contributed by atoms with Crippen LogP contribution in [0.1, 0.15) is 72.1 Å². The van der Waals surface area contributed by atoms with Crippen molar-refractivity contribution in [2.45, 2.75) is 77.7 Å². The molecular weight excluding hydrogens is 239 g/mol. The topological polar surface area (TPSA) is 66.8 Å². The lowest BCUT2D eigenvalue weighted by molar-refractivity contribution is 0.00754. The molecule has 0 fully saturated rings. The van der Waals surface area contributed by atoms with E-state index in [-0.39, 0.29) is 0 Å². The molecule has 17 heavy (non-hydrogen) atoms. The van der Waals surface area contributed by atoms with Crippen LogP contribution in [0.5, 0.6) is 0 Å². The summed E-state index contributed by atoms with van der Waals surface area (Å²) >= 11 is 0. The molecule has 4 nitrogen and oxygen atoms in total. The summed E-state index contributed by atoms with van der Waals surface area (Å²) in [6.45, 7) is 6.18. The lowest BCUT2D eigenvalue weighted by Crippen LogP contribution is -2.31. The van der Waals surface area contributed by atoms with Crippen molar-refractivity contribution >= 4 is 7.82 Å². The second-order valence-corrected chi connectivity index (χ2v) is 5.89. The predicted molar refractivity (Wildman–Crippen MR) is 69.8 cm³/mol. The van der Waals surface area contributed by atoms with Gasteiger partial charge in [-0.05, 0) is 19.3 Å². The van der Waals surface area contributed by atoms with Crippen LogP contribution >= 0.6 is 7.82 Å². The highest BCUT2D eigenvalue weighted by molar-refractivity contribution is 7.46. The first-order valence-corrected chi connectivity index (χ1v) is 8.18.